The van der Waals surface area contributed by atoms with Gasteiger partial charge in [0, 0.05) is 36.5 Å². The fraction of sp³-hybridized carbons (Fsp3) is 0.263. The van der Waals surface area contributed by atoms with Crippen LogP contribution in [0.3, 0.4) is 0 Å². The van der Waals surface area contributed by atoms with E-state index in [1.807, 2.05) is 18.2 Å². The number of pyridine rings is 1. The Morgan fingerprint density at radius 2 is 2.08 bits per heavy atom. The monoisotopic (exact) mass is 324 g/mol. The minimum atomic E-state index is -0.196. The molecule has 0 fully saturated rings. The van der Waals surface area contributed by atoms with E-state index >= 15 is 0 Å². The molecule has 0 aliphatic rings. The molecule has 5 nitrogen and oxygen atoms in total. The van der Waals surface area contributed by atoms with E-state index in [0.29, 0.717) is 24.3 Å². The van der Waals surface area contributed by atoms with Gasteiger partial charge in [0.15, 0.2) is 0 Å². The van der Waals surface area contributed by atoms with E-state index in [4.69, 9.17) is 11.2 Å². The van der Waals surface area contributed by atoms with Crippen molar-refractivity contribution in [3.05, 3.63) is 59.9 Å². The summed E-state index contributed by atoms with van der Waals surface area (Å²) in [6, 6.07) is 12.4. The van der Waals surface area contributed by atoms with Crippen LogP contribution in [0, 0.1) is 18.3 Å². The predicted octanol–water partition coefficient (Wildman–Crippen LogP) is 1.67. The first-order chi connectivity index (χ1) is 11.7. The second-order valence-corrected chi connectivity index (χ2v) is 5.30. The number of amides is 1. The Kier molecular flexibility index (Phi) is 6.81. The number of nitrogens with one attached hydrogen (secondary N) is 1. The molecule has 5 heteroatoms. The van der Waals surface area contributed by atoms with Crippen molar-refractivity contribution in [2.45, 2.75) is 6.42 Å². The fourth-order valence-corrected chi connectivity index (χ4v) is 2.18. The van der Waals surface area contributed by atoms with Crippen molar-refractivity contribution < 1.29 is 14.6 Å². The molecule has 1 heterocycles. The number of aliphatic hydroxyl groups excluding tert-OH is 1. The number of terminal acetylenes is 1. The van der Waals surface area contributed by atoms with Crippen LogP contribution in [0.15, 0.2) is 48.7 Å². The molecule has 2 rings (SSSR count). The van der Waals surface area contributed by atoms with Gasteiger partial charge < -0.3 is 15.2 Å². The molecule has 0 saturated heterocycles. The molecule has 1 amide bonds. The topological polar surface area (TPSA) is 71.5 Å². The summed E-state index contributed by atoms with van der Waals surface area (Å²) in [4.78, 5) is 16.4. The van der Waals surface area contributed by atoms with Crippen LogP contribution in [0.5, 0.6) is 5.75 Å². The third-order valence-corrected chi connectivity index (χ3v) is 3.47. The highest BCUT2D eigenvalue weighted by atomic mass is 16.5. The maximum absolute atomic E-state index is 12.2. The number of aromatic nitrogens is 1. The number of hydrogen-bond acceptors (Lipinski definition) is 4. The molecule has 24 heavy (non-hydrogen) atoms. The van der Waals surface area contributed by atoms with Crippen LogP contribution in [-0.4, -0.2) is 35.8 Å². The van der Waals surface area contributed by atoms with Crippen molar-refractivity contribution in [1.82, 2.24) is 10.3 Å². The summed E-state index contributed by atoms with van der Waals surface area (Å²) in [6.45, 7) is 0.550. The van der Waals surface area contributed by atoms with Crippen LogP contribution in [0.25, 0.3) is 0 Å². The highest BCUT2D eigenvalue weighted by molar-refractivity contribution is 5.94. The number of hydrogen-bond donors (Lipinski definition) is 2. The lowest BCUT2D eigenvalue weighted by Gasteiger charge is -2.15. The van der Waals surface area contributed by atoms with E-state index in [1.165, 1.54) is 0 Å². The second-order valence-electron chi connectivity index (χ2n) is 5.30. The number of nitrogens with zero attached hydrogens (tertiary/aromatic N) is 1. The number of ether oxygens (including phenoxy) is 1. The van der Waals surface area contributed by atoms with E-state index in [2.05, 4.69) is 16.2 Å². The number of carbonyl (C=O) groups excluding carboxylic acids is 1. The molecule has 1 unspecified atom stereocenters. The van der Waals surface area contributed by atoms with E-state index in [1.54, 1.807) is 30.5 Å². The zero-order valence-electron chi connectivity index (χ0n) is 13.3. The average Bonchev–Trinajstić information content (AvgIpc) is 2.64. The normalized spacial score (nSPS) is 11.3. The van der Waals surface area contributed by atoms with Crippen molar-refractivity contribution in [3.63, 3.8) is 0 Å². The van der Waals surface area contributed by atoms with E-state index in [0.717, 1.165) is 5.69 Å². The Morgan fingerprint density at radius 3 is 2.71 bits per heavy atom. The molecule has 0 saturated carbocycles. The Labute approximate surface area is 141 Å². The van der Waals surface area contributed by atoms with Gasteiger partial charge in [0.1, 0.15) is 12.4 Å². The van der Waals surface area contributed by atoms with Crippen LogP contribution in [0.2, 0.25) is 0 Å². The minimum absolute atomic E-state index is 0.0181. The first-order valence-corrected chi connectivity index (χ1v) is 7.68. The quantitative estimate of drug-likeness (QED) is 0.725. The van der Waals surface area contributed by atoms with Crippen molar-refractivity contribution in [2.75, 3.05) is 19.8 Å². The number of benzene rings is 1. The third kappa shape index (κ3) is 5.41. The van der Waals surface area contributed by atoms with Crippen LogP contribution in [0.1, 0.15) is 16.1 Å². The largest absolute Gasteiger partial charge is 0.481 e. The van der Waals surface area contributed by atoms with Crippen molar-refractivity contribution >= 4 is 5.91 Å². The molecule has 1 atom stereocenters. The van der Waals surface area contributed by atoms with E-state index < -0.39 is 0 Å². The van der Waals surface area contributed by atoms with Gasteiger partial charge in [0.25, 0.3) is 5.91 Å². The van der Waals surface area contributed by atoms with Gasteiger partial charge in [-0.25, -0.2) is 0 Å². The summed E-state index contributed by atoms with van der Waals surface area (Å²) in [5.74, 6) is 2.72. The summed E-state index contributed by atoms with van der Waals surface area (Å²) >= 11 is 0. The van der Waals surface area contributed by atoms with Gasteiger partial charge in [-0.3, -0.25) is 9.78 Å². The van der Waals surface area contributed by atoms with Crippen LogP contribution in [0.4, 0.5) is 0 Å². The Balaban J connectivity index is 1.85. The van der Waals surface area contributed by atoms with Crippen LogP contribution >= 0.6 is 0 Å². The van der Waals surface area contributed by atoms with Gasteiger partial charge in [-0.2, -0.15) is 0 Å². The summed E-state index contributed by atoms with van der Waals surface area (Å²) in [6.07, 6.45) is 7.45. The summed E-state index contributed by atoms with van der Waals surface area (Å²) in [5, 5.41) is 12.3. The summed E-state index contributed by atoms with van der Waals surface area (Å²) < 4.78 is 5.26. The molecule has 0 radical (unpaired) electrons. The van der Waals surface area contributed by atoms with Crippen LogP contribution in [-0.2, 0) is 6.42 Å². The average molecular weight is 324 g/mol. The Bertz CT molecular complexity index is 678. The van der Waals surface area contributed by atoms with Gasteiger partial charge in [-0.15, -0.1) is 6.42 Å². The highest BCUT2D eigenvalue weighted by Gasteiger charge is 2.12. The molecule has 0 bridgehead atoms. The summed E-state index contributed by atoms with van der Waals surface area (Å²) in [5.41, 5.74) is 1.42. The van der Waals surface area contributed by atoms with Gasteiger partial charge in [0.05, 0.1) is 0 Å². The molecular formula is C19H20N2O3. The molecule has 1 aromatic heterocycles. The molecule has 0 aliphatic carbocycles. The third-order valence-electron chi connectivity index (χ3n) is 3.47. The van der Waals surface area contributed by atoms with Crippen molar-refractivity contribution in [1.29, 1.82) is 0 Å². The minimum Gasteiger partial charge on any atom is -0.481 e. The highest BCUT2D eigenvalue weighted by Crippen LogP contribution is 2.12. The van der Waals surface area contributed by atoms with E-state index in [9.17, 15) is 9.90 Å². The number of carbonyl (C=O) groups is 1. The predicted molar refractivity (Wildman–Crippen MR) is 91.6 cm³/mol. The fourth-order valence-electron chi connectivity index (χ4n) is 2.18. The maximum atomic E-state index is 12.2. The smallest absolute Gasteiger partial charge is 0.251 e. The zero-order chi connectivity index (χ0) is 17.2. The van der Waals surface area contributed by atoms with Gasteiger partial charge in [-0.1, -0.05) is 12.0 Å². The SMILES string of the molecule is C#CCOc1ccc(C(=O)NCC(CO)Cc2ccccn2)cc1. The van der Waals surface area contributed by atoms with Crippen molar-refractivity contribution in [3.8, 4) is 18.1 Å². The Morgan fingerprint density at radius 1 is 1.29 bits per heavy atom. The number of aliphatic hydroxyl groups is 1. The lowest BCUT2D eigenvalue weighted by molar-refractivity contribution is 0.0940. The van der Waals surface area contributed by atoms with Gasteiger partial charge >= 0.3 is 0 Å². The standard InChI is InChI=1S/C19H20N2O3/c1-2-11-24-18-8-6-16(7-9-18)19(23)21-13-15(14-22)12-17-5-3-4-10-20-17/h1,3-10,15,22H,11-14H2,(H,21,23). The molecule has 0 spiro atoms. The first-order valence-electron chi connectivity index (χ1n) is 7.68. The number of rotatable bonds is 8. The van der Waals surface area contributed by atoms with Crippen LogP contribution < -0.4 is 10.1 Å². The molecule has 2 aromatic rings. The second kappa shape index (κ2) is 9.33. The molecule has 2 N–H and O–H groups in total. The van der Waals surface area contributed by atoms with Gasteiger partial charge in [-0.05, 0) is 42.8 Å². The lowest BCUT2D eigenvalue weighted by Crippen LogP contribution is -2.32. The maximum Gasteiger partial charge on any atom is 0.251 e. The molecule has 0 aliphatic heterocycles. The molecular weight excluding hydrogens is 304 g/mol. The molecule has 1 aromatic carbocycles. The Hall–Kier alpha value is -2.84. The van der Waals surface area contributed by atoms with E-state index in [-0.39, 0.29) is 25.0 Å². The van der Waals surface area contributed by atoms with Crippen molar-refractivity contribution in [2.24, 2.45) is 5.92 Å². The molecule has 124 valence electrons. The van der Waals surface area contributed by atoms with Gasteiger partial charge in [0.2, 0.25) is 0 Å². The zero-order valence-corrected chi connectivity index (χ0v) is 13.3. The first kappa shape index (κ1) is 17.5. The summed E-state index contributed by atoms with van der Waals surface area (Å²) in [7, 11) is 0. The lowest BCUT2D eigenvalue weighted by atomic mass is 10.0.